The molecule has 2 aromatic heterocycles. The Bertz CT molecular complexity index is 1920. The van der Waals surface area contributed by atoms with Crippen molar-refractivity contribution in [3.63, 3.8) is 0 Å². The zero-order valence-corrected chi connectivity index (χ0v) is 32.5. The molecule has 0 spiro atoms. The number of anilines is 1. The number of alkyl carbamates (subject to hydrolysis) is 1. The Morgan fingerprint density at radius 3 is 2.46 bits per heavy atom. The van der Waals surface area contributed by atoms with Crippen molar-refractivity contribution < 1.29 is 38.5 Å². The quantitative estimate of drug-likeness (QED) is 0.155. The Kier molecular flexibility index (Phi) is 11.1. The summed E-state index contributed by atoms with van der Waals surface area (Å²) in [5.41, 5.74) is -0.485. The first kappa shape index (κ1) is 38.8. The Morgan fingerprint density at radius 1 is 1.09 bits per heavy atom. The van der Waals surface area contributed by atoms with Crippen LogP contribution in [0.15, 0.2) is 42.3 Å². The number of aliphatic carboxylic acids is 1. The molecule has 3 amide bonds. The van der Waals surface area contributed by atoms with Gasteiger partial charge in [-0.05, 0) is 63.5 Å². The molecule has 2 aliphatic carbocycles. The monoisotopic (exact) mass is 762 g/mol. The average Bonchev–Trinajstić information content (AvgIpc) is 3.53. The number of hydrogen-bond donors (Lipinski definition) is 4. The van der Waals surface area contributed by atoms with Crippen LogP contribution in [0.3, 0.4) is 0 Å². The molecule has 0 bridgehead atoms. The number of carbonyl (C=O) groups is 4. The van der Waals surface area contributed by atoms with Crippen LogP contribution >= 0.6 is 11.3 Å². The number of nitrogens with one attached hydrogen (secondary N) is 3. The van der Waals surface area contributed by atoms with Crippen LogP contribution in [-0.2, 0) is 19.1 Å². The number of methoxy groups -OCH3 is 1. The third-order valence-electron chi connectivity index (χ3n) is 10.3. The van der Waals surface area contributed by atoms with Crippen LogP contribution in [0.1, 0.15) is 73.1 Å². The van der Waals surface area contributed by atoms with Gasteiger partial charge in [0.15, 0.2) is 5.13 Å². The number of nitrogens with zero attached hydrogens (tertiary/aromatic N) is 3. The molecule has 3 fully saturated rings. The summed E-state index contributed by atoms with van der Waals surface area (Å²) < 4.78 is 17.8. The van der Waals surface area contributed by atoms with Crippen molar-refractivity contribution in [1.82, 2.24) is 25.5 Å². The number of carbonyl (C=O) groups excluding carboxylic acids is 3. The summed E-state index contributed by atoms with van der Waals surface area (Å²) in [5, 5.41) is 22.2. The number of pyridine rings is 1. The summed E-state index contributed by atoms with van der Waals surface area (Å²) in [6.45, 7) is 13.2. The minimum Gasteiger partial charge on any atom is -0.497 e. The molecule has 290 valence electrons. The molecule has 3 aliphatic rings. The third kappa shape index (κ3) is 8.25. The van der Waals surface area contributed by atoms with E-state index in [1.54, 1.807) is 25.3 Å². The standard InChI is InChI=1S/C39H50N6O8S/c1-8-22-18-39(22,35(48)49)44-33(46)30-16-25(19-45(30)34(47)32(38(4,5)6)43-37(50)53-23-11-9-10-12-23)52-31-17-28(29-20-54-36(42-29)40-21(2)3)41-27-15-24(51-7)13-14-26(27)31/h8,13-15,17,20-23,25,30,32H,1,9-12,16,18-19H2,2-7H3,(H,40,42)(H,43,50)(H,44,46)(H,48,49)/t22?,25-,30+,32-,39-/m1/s1. The average molecular weight is 763 g/mol. The lowest BCUT2D eigenvalue weighted by Crippen LogP contribution is -2.59. The number of hydrogen-bond acceptors (Lipinski definition) is 11. The summed E-state index contributed by atoms with van der Waals surface area (Å²) in [4.78, 5) is 65.1. The molecule has 1 saturated heterocycles. The molecule has 3 heterocycles. The van der Waals surface area contributed by atoms with Gasteiger partial charge in [-0.25, -0.2) is 19.6 Å². The fraction of sp³-hybridized carbons (Fsp3) is 0.538. The lowest BCUT2D eigenvalue weighted by atomic mass is 9.85. The van der Waals surface area contributed by atoms with Crippen LogP contribution < -0.4 is 25.4 Å². The van der Waals surface area contributed by atoms with Crippen LogP contribution in [0, 0.1) is 11.3 Å². The predicted octanol–water partition coefficient (Wildman–Crippen LogP) is 5.76. The Hall–Kier alpha value is -4.92. The van der Waals surface area contributed by atoms with Crippen LogP contribution in [0.4, 0.5) is 9.93 Å². The molecule has 0 radical (unpaired) electrons. The first-order chi connectivity index (χ1) is 25.6. The van der Waals surface area contributed by atoms with Crippen LogP contribution in [0.25, 0.3) is 22.3 Å². The molecule has 1 unspecified atom stereocenters. The molecular formula is C39H50N6O8S. The van der Waals surface area contributed by atoms with E-state index in [4.69, 9.17) is 24.2 Å². The van der Waals surface area contributed by atoms with Gasteiger partial charge in [-0.15, -0.1) is 17.9 Å². The largest absolute Gasteiger partial charge is 0.497 e. The van der Waals surface area contributed by atoms with Crippen molar-refractivity contribution in [2.45, 2.75) is 109 Å². The van der Waals surface area contributed by atoms with E-state index in [0.717, 1.165) is 30.8 Å². The SMILES string of the molecule is C=CC1C[C@]1(NC(=O)[C@@H]1C[C@@H](Oc2cc(-c3csc(NC(C)C)n3)nc3cc(OC)ccc23)CN1C(=O)[C@@H](NC(=O)OC1CCCC1)C(C)(C)C)C(=O)O. The summed E-state index contributed by atoms with van der Waals surface area (Å²) >= 11 is 1.46. The van der Waals surface area contributed by atoms with E-state index in [-0.39, 0.29) is 31.5 Å². The van der Waals surface area contributed by atoms with E-state index in [2.05, 4.69) is 22.5 Å². The normalized spacial score (nSPS) is 23.2. The van der Waals surface area contributed by atoms with Crippen LogP contribution in [0.5, 0.6) is 11.5 Å². The van der Waals surface area contributed by atoms with Gasteiger partial charge in [-0.1, -0.05) is 26.8 Å². The molecule has 1 aliphatic heterocycles. The lowest BCUT2D eigenvalue weighted by Gasteiger charge is -2.35. The van der Waals surface area contributed by atoms with E-state index < -0.39 is 58.9 Å². The fourth-order valence-electron chi connectivity index (χ4n) is 7.23. The molecule has 3 aromatic rings. The molecule has 54 heavy (non-hydrogen) atoms. The van der Waals surface area contributed by atoms with E-state index in [0.29, 0.717) is 33.8 Å². The Morgan fingerprint density at radius 2 is 1.83 bits per heavy atom. The first-order valence-corrected chi connectivity index (χ1v) is 19.3. The number of rotatable bonds is 13. The van der Waals surface area contributed by atoms with Gasteiger partial charge < -0.3 is 40.2 Å². The van der Waals surface area contributed by atoms with Crippen molar-refractivity contribution in [3.8, 4) is 22.9 Å². The predicted molar refractivity (Wildman–Crippen MR) is 205 cm³/mol. The number of likely N-dealkylation sites (tertiary alicyclic amines) is 1. The minimum atomic E-state index is -1.51. The fourth-order valence-corrected chi connectivity index (χ4v) is 8.09. The maximum atomic E-state index is 14.6. The second kappa shape index (κ2) is 15.4. The van der Waals surface area contributed by atoms with Crippen molar-refractivity contribution in [2.24, 2.45) is 11.3 Å². The number of thiazole rings is 1. The van der Waals surface area contributed by atoms with Crippen LogP contribution in [0.2, 0.25) is 0 Å². The van der Waals surface area contributed by atoms with Crippen LogP contribution in [-0.4, -0.2) is 93.4 Å². The molecule has 14 nitrogen and oxygen atoms in total. The van der Waals surface area contributed by atoms with Crippen molar-refractivity contribution in [2.75, 3.05) is 19.0 Å². The highest BCUT2D eigenvalue weighted by molar-refractivity contribution is 7.14. The minimum absolute atomic E-state index is 0.0116. The molecule has 5 atom stereocenters. The third-order valence-corrected chi connectivity index (χ3v) is 11.1. The molecule has 15 heteroatoms. The lowest BCUT2D eigenvalue weighted by molar-refractivity contribution is -0.146. The molecule has 1 aromatic carbocycles. The topological polar surface area (TPSA) is 181 Å². The molecule has 2 saturated carbocycles. The van der Waals surface area contributed by atoms with E-state index in [9.17, 15) is 24.3 Å². The number of carboxylic acids is 1. The van der Waals surface area contributed by atoms with Crippen molar-refractivity contribution in [1.29, 1.82) is 0 Å². The van der Waals surface area contributed by atoms with Gasteiger partial charge in [0.2, 0.25) is 11.8 Å². The van der Waals surface area contributed by atoms with Crippen molar-refractivity contribution >= 4 is 51.2 Å². The Labute approximate surface area is 319 Å². The van der Waals surface area contributed by atoms with E-state index in [1.807, 2.05) is 46.1 Å². The first-order valence-electron chi connectivity index (χ1n) is 18.4. The number of ether oxygens (including phenoxy) is 3. The maximum absolute atomic E-state index is 14.6. The van der Waals surface area contributed by atoms with Crippen molar-refractivity contribution in [3.05, 3.63) is 42.3 Å². The summed E-state index contributed by atoms with van der Waals surface area (Å²) in [6.07, 6.45) is 3.64. The van der Waals surface area contributed by atoms with E-state index >= 15 is 0 Å². The smallest absolute Gasteiger partial charge is 0.408 e. The van der Waals surface area contributed by atoms with Gasteiger partial charge in [0, 0.05) is 41.3 Å². The van der Waals surface area contributed by atoms with Gasteiger partial charge in [-0.2, -0.15) is 0 Å². The second-order valence-electron chi connectivity index (χ2n) is 15.8. The number of fused-ring (bicyclic) bond motifs is 1. The summed E-state index contributed by atoms with van der Waals surface area (Å²) in [7, 11) is 1.57. The summed E-state index contributed by atoms with van der Waals surface area (Å²) in [6, 6.07) is 5.25. The summed E-state index contributed by atoms with van der Waals surface area (Å²) in [5.74, 6) is -1.69. The zero-order chi connectivity index (χ0) is 38.9. The van der Waals surface area contributed by atoms with Gasteiger partial charge in [0.05, 0.1) is 24.9 Å². The van der Waals surface area contributed by atoms with E-state index in [1.165, 1.54) is 22.3 Å². The zero-order valence-electron chi connectivity index (χ0n) is 31.6. The molecular weight excluding hydrogens is 713 g/mol. The number of aromatic nitrogens is 2. The van der Waals surface area contributed by atoms with Gasteiger partial charge >= 0.3 is 12.1 Å². The Balaban J connectivity index is 1.32. The van der Waals surface area contributed by atoms with Gasteiger partial charge in [0.25, 0.3) is 0 Å². The second-order valence-corrected chi connectivity index (χ2v) is 16.6. The molecule has 4 N–H and O–H groups in total. The van der Waals surface area contributed by atoms with Gasteiger partial charge in [-0.3, -0.25) is 9.59 Å². The van der Waals surface area contributed by atoms with Gasteiger partial charge in [0.1, 0.15) is 47.0 Å². The number of benzene rings is 1. The number of carboxylic acid groups (broad SMARTS) is 1. The maximum Gasteiger partial charge on any atom is 0.408 e. The highest BCUT2D eigenvalue weighted by Gasteiger charge is 2.61. The highest BCUT2D eigenvalue weighted by Crippen LogP contribution is 2.45. The molecule has 6 rings (SSSR count). The number of amides is 3. The highest BCUT2D eigenvalue weighted by atomic mass is 32.1.